The summed E-state index contributed by atoms with van der Waals surface area (Å²) < 4.78 is 0. The molecule has 1 N–H and O–H groups in total. The average molecular weight is 296 g/mol. The molecule has 1 aromatic heterocycles. The number of urea groups is 1. The Morgan fingerprint density at radius 1 is 1.35 bits per heavy atom. The summed E-state index contributed by atoms with van der Waals surface area (Å²) in [5.41, 5.74) is 2.00. The molecule has 1 saturated heterocycles. The first-order chi connectivity index (χ1) is 9.20. The van der Waals surface area contributed by atoms with E-state index in [9.17, 15) is 9.59 Å². The van der Waals surface area contributed by atoms with Crippen LogP contribution in [0.2, 0.25) is 5.02 Å². The number of aryl methyl sites for hydroxylation is 1. The number of nitrogens with one attached hydrogen (secondary N) is 1. The van der Waals surface area contributed by atoms with Gasteiger partial charge < -0.3 is 0 Å². The largest absolute Gasteiger partial charge is 0.328 e. The first-order valence-electron chi connectivity index (χ1n) is 6.49. The number of pyridine rings is 1. The zero-order valence-electron chi connectivity index (χ0n) is 12.1. The SMILES string of the molecule is Cc1nc(C(C)(C)C)cc(N2CCC(=O)NC2=O)c1Cl. The highest BCUT2D eigenvalue weighted by Gasteiger charge is 2.28. The second-order valence-corrected chi connectivity index (χ2v) is 6.31. The zero-order chi connectivity index (χ0) is 15.1. The maximum absolute atomic E-state index is 11.9. The number of anilines is 1. The minimum absolute atomic E-state index is 0.147. The van der Waals surface area contributed by atoms with Crippen molar-refractivity contribution in [2.45, 2.75) is 39.5 Å². The Morgan fingerprint density at radius 3 is 2.55 bits per heavy atom. The van der Waals surface area contributed by atoms with Crippen LogP contribution in [0.3, 0.4) is 0 Å². The van der Waals surface area contributed by atoms with Gasteiger partial charge in [0.1, 0.15) is 0 Å². The summed E-state index contributed by atoms with van der Waals surface area (Å²) in [6.07, 6.45) is 0.272. The Balaban J connectivity index is 2.48. The molecule has 0 bridgehead atoms. The molecule has 0 aromatic carbocycles. The third-order valence-electron chi connectivity index (χ3n) is 3.22. The lowest BCUT2D eigenvalue weighted by atomic mass is 9.91. The molecule has 0 atom stereocenters. The van der Waals surface area contributed by atoms with Crippen LogP contribution in [0.5, 0.6) is 0 Å². The van der Waals surface area contributed by atoms with Crippen LogP contribution < -0.4 is 10.2 Å². The number of nitrogens with zero attached hydrogens (tertiary/aromatic N) is 2. The molecule has 0 saturated carbocycles. The predicted octanol–water partition coefficient (Wildman–Crippen LogP) is 2.79. The van der Waals surface area contributed by atoms with Gasteiger partial charge in [-0.05, 0) is 13.0 Å². The van der Waals surface area contributed by atoms with Crippen molar-refractivity contribution < 1.29 is 9.59 Å². The van der Waals surface area contributed by atoms with Crippen molar-refractivity contribution in [2.24, 2.45) is 0 Å². The van der Waals surface area contributed by atoms with E-state index >= 15 is 0 Å². The standard InChI is InChI=1S/C14H18ClN3O2/c1-8-12(15)9(7-10(16-8)14(2,3)4)18-6-5-11(19)17-13(18)20/h7H,5-6H2,1-4H3,(H,17,19,20). The Morgan fingerprint density at radius 2 is 2.00 bits per heavy atom. The highest BCUT2D eigenvalue weighted by atomic mass is 35.5. The van der Waals surface area contributed by atoms with Gasteiger partial charge >= 0.3 is 6.03 Å². The molecule has 2 heterocycles. The van der Waals surface area contributed by atoms with E-state index in [-0.39, 0.29) is 17.7 Å². The van der Waals surface area contributed by atoms with Gasteiger partial charge in [-0.25, -0.2) is 4.79 Å². The fraction of sp³-hybridized carbons (Fsp3) is 0.500. The lowest BCUT2D eigenvalue weighted by molar-refractivity contribution is -0.120. The number of halogens is 1. The molecule has 0 radical (unpaired) electrons. The molecule has 6 heteroatoms. The van der Waals surface area contributed by atoms with Crippen LogP contribution in [0, 0.1) is 6.92 Å². The maximum Gasteiger partial charge on any atom is 0.328 e. The van der Waals surface area contributed by atoms with Gasteiger partial charge in [0.25, 0.3) is 0 Å². The number of hydrogen-bond acceptors (Lipinski definition) is 3. The van der Waals surface area contributed by atoms with Gasteiger partial charge in [0.05, 0.1) is 16.4 Å². The third-order valence-corrected chi connectivity index (χ3v) is 3.68. The number of imide groups is 1. The predicted molar refractivity (Wildman–Crippen MR) is 78.2 cm³/mol. The van der Waals surface area contributed by atoms with Crippen molar-refractivity contribution in [3.05, 3.63) is 22.5 Å². The molecule has 1 aliphatic rings. The van der Waals surface area contributed by atoms with Crippen LogP contribution in [0.25, 0.3) is 0 Å². The first-order valence-corrected chi connectivity index (χ1v) is 6.87. The smallest absolute Gasteiger partial charge is 0.292 e. The summed E-state index contributed by atoms with van der Waals surface area (Å²) >= 11 is 6.28. The van der Waals surface area contributed by atoms with Crippen molar-refractivity contribution in [1.29, 1.82) is 0 Å². The van der Waals surface area contributed by atoms with Gasteiger partial charge in [-0.2, -0.15) is 0 Å². The molecule has 5 nitrogen and oxygen atoms in total. The average Bonchev–Trinajstić information content (AvgIpc) is 2.32. The molecule has 1 fully saturated rings. The van der Waals surface area contributed by atoms with Gasteiger partial charge in [-0.3, -0.25) is 20.0 Å². The van der Waals surface area contributed by atoms with Crippen molar-refractivity contribution in [3.8, 4) is 0 Å². The van der Waals surface area contributed by atoms with E-state index in [4.69, 9.17) is 11.6 Å². The Kier molecular flexibility index (Phi) is 3.73. The highest BCUT2D eigenvalue weighted by Crippen LogP contribution is 2.33. The van der Waals surface area contributed by atoms with Crippen LogP contribution in [0.15, 0.2) is 6.07 Å². The van der Waals surface area contributed by atoms with E-state index in [0.717, 1.165) is 5.69 Å². The van der Waals surface area contributed by atoms with Gasteiger partial charge in [0.2, 0.25) is 5.91 Å². The number of hydrogen-bond donors (Lipinski definition) is 1. The quantitative estimate of drug-likeness (QED) is 0.866. The van der Waals surface area contributed by atoms with E-state index in [0.29, 0.717) is 22.9 Å². The summed E-state index contributed by atoms with van der Waals surface area (Å²) in [6, 6.07) is 1.39. The van der Waals surface area contributed by atoms with E-state index in [1.807, 2.05) is 33.8 Å². The van der Waals surface area contributed by atoms with Crippen LogP contribution >= 0.6 is 11.6 Å². The number of amides is 3. The van der Waals surface area contributed by atoms with Gasteiger partial charge in [-0.1, -0.05) is 32.4 Å². The first kappa shape index (κ1) is 14.8. The van der Waals surface area contributed by atoms with Crippen LogP contribution in [-0.2, 0) is 10.2 Å². The number of rotatable bonds is 1. The van der Waals surface area contributed by atoms with Crippen LogP contribution in [0.1, 0.15) is 38.6 Å². The van der Waals surface area contributed by atoms with Gasteiger partial charge in [-0.15, -0.1) is 0 Å². The molecule has 1 aromatic rings. The molecular formula is C14H18ClN3O2. The summed E-state index contributed by atoms with van der Waals surface area (Å²) in [6.45, 7) is 8.29. The third kappa shape index (κ3) is 2.77. The lowest BCUT2D eigenvalue weighted by Gasteiger charge is -2.29. The molecule has 0 spiro atoms. The van der Waals surface area contributed by atoms with Crippen molar-refractivity contribution in [3.63, 3.8) is 0 Å². The minimum Gasteiger partial charge on any atom is -0.292 e. The summed E-state index contributed by atoms with van der Waals surface area (Å²) in [7, 11) is 0. The van der Waals surface area contributed by atoms with E-state index < -0.39 is 6.03 Å². The Hall–Kier alpha value is -1.62. The number of carbonyl (C=O) groups is 2. The molecule has 0 aliphatic carbocycles. The monoisotopic (exact) mass is 295 g/mol. The van der Waals surface area contributed by atoms with E-state index in [1.165, 1.54) is 4.90 Å². The Labute approximate surface area is 123 Å². The fourth-order valence-corrected chi connectivity index (χ4v) is 2.21. The Bertz CT molecular complexity index is 579. The molecule has 3 amide bonds. The molecule has 2 rings (SSSR count). The normalized spacial score (nSPS) is 16.4. The van der Waals surface area contributed by atoms with Gasteiger partial charge in [0, 0.05) is 24.1 Å². The van der Waals surface area contributed by atoms with E-state index in [1.54, 1.807) is 0 Å². The molecule has 20 heavy (non-hydrogen) atoms. The van der Waals surface area contributed by atoms with Gasteiger partial charge in [0.15, 0.2) is 0 Å². The summed E-state index contributed by atoms with van der Waals surface area (Å²) in [4.78, 5) is 29.1. The summed E-state index contributed by atoms with van der Waals surface area (Å²) in [5.74, 6) is -0.260. The number of aromatic nitrogens is 1. The molecule has 0 unspecified atom stereocenters. The highest BCUT2D eigenvalue weighted by molar-refractivity contribution is 6.34. The minimum atomic E-state index is -0.436. The molecular weight excluding hydrogens is 278 g/mol. The second-order valence-electron chi connectivity index (χ2n) is 5.93. The van der Waals surface area contributed by atoms with Crippen molar-refractivity contribution >= 4 is 29.2 Å². The van der Waals surface area contributed by atoms with E-state index in [2.05, 4.69) is 10.3 Å². The van der Waals surface area contributed by atoms with Crippen molar-refractivity contribution in [2.75, 3.05) is 11.4 Å². The second kappa shape index (κ2) is 5.05. The van der Waals surface area contributed by atoms with Crippen LogP contribution in [-0.4, -0.2) is 23.5 Å². The lowest BCUT2D eigenvalue weighted by Crippen LogP contribution is -2.49. The molecule has 108 valence electrons. The summed E-state index contributed by atoms with van der Waals surface area (Å²) in [5, 5.41) is 2.75. The number of carbonyl (C=O) groups excluding carboxylic acids is 2. The molecule has 1 aliphatic heterocycles. The maximum atomic E-state index is 11.9. The van der Waals surface area contributed by atoms with Crippen molar-refractivity contribution in [1.82, 2.24) is 10.3 Å². The zero-order valence-corrected chi connectivity index (χ0v) is 12.8. The van der Waals surface area contributed by atoms with Crippen LogP contribution in [0.4, 0.5) is 10.5 Å². The topological polar surface area (TPSA) is 62.3 Å². The fourth-order valence-electron chi connectivity index (χ4n) is 2.01.